The van der Waals surface area contributed by atoms with E-state index >= 15 is 0 Å². The summed E-state index contributed by atoms with van der Waals surface area (Å²) in [5, 5.41) is 0. The third-order valence-electron chi connectivity index (χ3n) is 2.37. The SMILES string of the molecule is CN(C)CCSCC(=O)N1CCCC1. The Balaban J connectivity index is 2.03. The molecular formula is C10H20N2OS. The minimum Gasteiger partial charge on any atom is -0.342 e. The maximum absolute atomic E-state index is 11.6. The van der Waals surface area contributed by atoms with Crippen LogP contribution in [0.2, 0.25) is 0 Å². The van der Waals surface area contributed by atoms with Gasteiger partial charge in [-0.2, -0.15) is 11.8 Å². The summed E-state index contributed by atoms with van der Waals surface area (Å²) in [6.07, 6.45) is 2.38. The molecule has 4 heteroatoms. The Hall–Kier alpha value is -0.220. The molecule has 0 N–H and O–H groups in total. The van der Waals surface area contributed by atoms with Crippen molar-refractivity contribution < 1.29 is 4.79 Å². The van der Waals surface area contributed by atoms with Gasteiger partial charge in [-0.25, -0.2) is 0 Å². The lowest BCUT2D eigenvalue weighted by atomic mass is 10.4. The average molecular weight is 216 g/mol. The molecule has 0 spiro atoms. The van der Waals surface area contributed by atoms with Crippen molar-refractivity contribution >= 4 is 17.7 Å². The zero-order valence-corrected chi connectivity index (χ0v) is 9.98. The number of hydrogen-bond donors (Lipinski definition) is 0. The Morgan fingerprint density at radius 1 is 1.36 bits per heavy atom. The Morgan fingerprint density at radius 3 is 2.57 bits per heavy atom. The van der Waals surface area contributed by atoms with Crippen LogP contribution in [0.5, 0.6) is 0 Å². The first-order valence-electron chi connectivity index (χ1n) is 5.20. The Morgan fingerprint density at radius 2 is 2.00 bits per heavy atom. The number of hydrogen-bond acceptors (Lipinski definition) is 3. The van der Waals surface area contributed by atoms with Crippen molar-refractivity contribution in [1.82, 2.24) is 9.80 Å². The summed E-state index contributed by atoms with van der Waals surface area (Å²) in [7, 11) is 4.12. The van der Waals surface area contributed by atoms with E-state index in [1.165, 1.54) is 12.8 Å². The molecule has 0 aromatic rings. The van der Waals surface area contributed by atoms with Crippen molar-refractivity contribution in [3.8, 4) is 0 Å². The van der Waals surface area contributed by atoms with Crippen molar-refractivity contribution in [2.45, 2.75) is 12.8 Å². The summed E-state index contributed by atoms with van der Waals surface area (Å²) in [4.78, 5) is 15.7. The molecule has 1 amide bonds. The zero-order valence-electron chi connectivity index (χ0n) is 9.16. The quantitative estimate of drug-likeness (QED) is 0.638. The monoisotopic (exact) mass is 216 g/mol. The molecule has 1 fully saturated rings. The summed E-state index contributed by atoms with van der Waals surface area (Å²) in [6, 6.07) is 0. The van der Waals surface area contributed by atoms with Gasteiger partial charge in [0.25, 0.3) is 0 Å². The summed E-state index contributed by atoms with van der Waals surface area (Å²) < 4.78 is 0. The van der Waals surface area contributed by atoms with Crippen LogP contribution in [0, 0.1) is 0 Å². The maximum Gasteiger partial charge on any atom is 0.232 e. The van der Waals surface area contributed by atoms with Gasteiger partial charge in [0, 0.05) is 25.4 Å². The van der Waals surface area contributed by atoms with Gasteiger partial charge < -0.3 is 9.80 Å². The molecule has 0 aromatic carbocycles. The first-order chi connectivity index (χ1) is 6.70. The van der Waals surface area contributed by atoms with E-state index in [-0.39, 0.29) is 0 Å². The predicted octanol–water partition coefficient (Wildman–Crippen LogP) is 0.904. The zero-order chi connectivity index (χ0) is 10.4. The normalized spacial score (nSPS) is 16.6. The number of likely N-dealkylation sites (tertiary alicyclic amines) is 1. The van der Waals surface area contributed by atoms with E-state index in [0.717, 1.165) is 25.4 Å². The minimum atomic E-state index is 0.325. The fourth-order valence-electron chi connectivity index (χ4n) is 1.46. The average Bonchev–Trinajstić information content (AvgIpc) is 2.64. The van der Waals surface area contributed by atoms with Gasteiger partial charge in [0.05, 0.1) is 5.75 Å². The van der Waals surface area contributed by atoms with E-state index in [0.29, 0.717) is 11.7 Å². The first kappa shape index (κ1) is 11.9. The van der Waals surface area contributed by atoms with Crippen LogP contribution < -0.4 is 0 Å². The van der Waals surface area contributed by atoms with Crippen molar-refractivity contribution in [3.63, 3.8) is 0 Å². The molecule has 0 atom stereocenters. The van der Waals surface area contributed by atoms with E-state index in [1.807, 2.05) is 4.90 Å². The fraction of sp³-hybridized carbons (Fsp3) is 0.900. The largest absolute Gasteiger partial charge is 0.342 e. The van der Waals surface area contributed by atoms with Crippen LogP contribution in [0.1, 0.15) is 12.8 Å². The Labute approximate surface area is 90.8 Å². The molecule has 14 heavy (non-hydrogen) atoms. The fourth-order valence-corrected chi connectivity index (χ4v) is 2.46. The van der Waals surface area contributed by atoms with Gasteiger partial charge in [0.1, 0.15) is 0 Å². The molecule has 0 unspecified atom stereocenters. The van der Waals surface area contributed by atoms with Crippen LogP contribution in [-0.4, -0.2) is 60.9 Å². The highest BCUT2D eigenvalue weighted by Gasteiger charge is 2.16. The van der Waals surface area contributed by atoms with Crippen LogP contribution in [0.25, 0.3) is 0 Å². The van der Waals surface area contributed by atoms with Crippen LogP contribution in [-0.2, 0) is 4.79 Å². The molecule has 1 aliphatic heterocycles. The second-order valence-electron chi connectivity index (χ2n) is 3.94. The van der Waals surface area contributed by atoms with Gasteiger partial charge in [-0.15, -0.1) is 0 Å². The van der Waals surface area contributed by atoms with Crippen molar-refractivity contribution in [3.05, 3.63) is 0 Å². The summed E-state index contributed by atoms with van der Waals surface area (Å²) in [6.45, 7) is 3.01. The number of carbonyl (C=O) groups is 1. The molecule has 1 rings (SSSR count). The highest BCUT2D eigenvalue weighted by molar-refractivity contribution is 7.99. The molecule has 0 saturated carbocycles. The molecular weight excluding hydrogens is 196 g/mol. The summed E-state index contributed by atoms with van der Waals surface area (Å²) in [5.74, 6) is 2.03. The molecule has 1 aliphatic rings. The van der Waals surface area contributed by atoms with Gasteiger partial charge in [0.15, 0.2) is 0 Å². The van der Waals surface area contributed by atoms with Crippen LogP contribution >= 0.6 is 11.8 Å². The topological polar surface area (TPSA) is 23.6 Å². The van der Waals surface area contributed by atoms with Crippen LogP contribution in [0.4, 0.5) is 0 Å². The maximum atomic E-state index is 11.6. The van der Waals surface area contributed by atoms with E-state index in [2.05, 4.69) is 19.0 Å². The lowest BCUT2D eigenvalue weighted by molar-refractivity contribution is -0.127. The van der Waals surface area contributed by atoms with Crippen molar-refractivity contribution in [2.75, 3.05) is 45.2 Å². The lowest BCUT2D eigenvalue weighted by Gasteiger charge is -2.15. The number of rotatable bonds is 5. The second kappa shape index (κ2) is 6.30. The highest BCUT2D eigenvalue weighted by atomic mass is 32.2. The van der Waals surface area contributed by atoms with E-state index in [9.17, 15) is 4.79 Å². The van der Waals surface area contributed by atoms with Gasteiger partial charge in [-0.3, -0.25) is 4.79 Å². The molecule has 0 aliphatic carbocycles. The van der Waals surface area contributed by atoms with E-state index in [4.69, 9.17) is 0 Å². The Kier molecular flexibility index (Phi) is 5.33. The number of amides is 1. The third kappa shape index (κ3) is 4.33. The smallest absolute Gasteiger partial charge is 0.232 e. The van der Waals surface area contributed by atoms with Crippen molar-refractivity contribution in [2.24, 2.45) is 0 Å². The van der Waals surface area contributed by atoms with E-state index in [1.54, 1.807) is 11.8 Å². The van der Waals surface area contributed by atoms with Gasteiger partial charge in [0.2, 0.25) is 5.91 Å². The number of nitrogens with zero attached hydrogens (tertiary/aromatic N) is 2. The molecule has 3 nitrogen and oxygen atoms in total. The first-order valence-corrected chi connectivity index (χ1v) is 6.36. The minimum absolute atomic E-state index is 0.325. The van der Waals surface area contributed by atoms with Gasteiger partial charge in [-0.05, 0) is 26.9 Å². The predicted molar refractivity (Wildman–Crippen MR) is 61.7 cm³/mol. The second-order valence-corrected chi connectivity index (χ2v) is 5.05. The number of thioether (sulfide) groups is 1. The molecule has 1 saturated heterocycles. The standard InChI is InChI=1S/C10H20N2OS/c1-11(2)7-8-14-9-10(13)12-5-3-4-6-12/h3-9H2,1-2H3. The summed E-state index contributed by atoms with van der Waals surface area (Å²) in [5.41, 5.74) is 0. The van der Waals surface area contributed by atoms with Gasteiger partial charge >= 0.3 is 0 Å². The molecule has 0 aromatic heterocycles. The van der Waals surface area contributed by atoms with Gasteiger partial charge in [-0.1, -0.05) is 0 Å². The lowest BCUT2D eigenvalue weighted by Crippen LogP contribution is -2.29. The molecule has 0 radical (unpaired) electrons. The number of carbonyl (C=O) groups excluding carboxylic acids is 1. The van der Waals surface area contributed by atoms with Crippen LogP contribution in [0.15, 0.2) is 0 Å². The molecule has 82 valence electrons. The molecule has 1 heterocycles. The van der Waals surface area contributed by atoms with E-state index < -0.39 is 0 Å². The molecule has 0 bridgehead atoms. The van der Waals surface area contributed by atoms with Crippen molar-refractivity contribution in [1.29, 1.82) is 0 Å². The highest BCUT2D eigenvalue weighted by Crippen LogP contribution is 2.10. The Bertz CT molecular complexity index is 179. The summed E-state index contributed by atoms with van der Waals surface area (Å²) >= 11 is 1.74. The third-order valence-corrected chi connectivity index (χ3v) is 3.29. The van der Waals surface area contributed by atoms with Crippen LogP contribution in [0.3, 0.4) is 0 Å².